The maximum Gasteiger partial charge on any atom is 0.274 e. The first-order valence-electron chi connectivity index (χ1n) is 13.1. The molecule has 0 fully saturated rings. The van der Waals surface area contributed by atoms with Gasteiger partial charge in [-0.25, -0.2) is 14.3 Å². The molecule has 2 amide bonds. The Kier molecular flexibility index (Phi) is 11.5. The molecule has 0 aliphatic heterocycles. The summed E-state index contributed by atoms with van der Waals surface area (Å²) in [7, 11) is 0. The molecule has 0 aromatic heterocycles. The van der Waals surface area contributed by atoms with Gasteiger partial charge in [-0.2, -0.15) is 0 Å². The summed E-state index contributed by atoms with van der Waals surface area (Å²) in [5.41, 5.74) is 5.83. The summed E-state index contributed by atoms with van der Waals surface area (Å²) in [5, 5.41) is 17.0. The van der Waals surface area contributed by atoms with Crippen molar-refractivity contribution in [3.05, 3.63) is 118 Å². The lowest BCUT2D eigenvalue weighted by atomic mass is 9.99. The Morgan fingerprint density at radius 2 is 1.65 bits per heavy atom. The van der Waals surface area contributed by atoms with Gasteiger partial charge in [0.2, 0.25) is 0 Å². The number of aliphatic hydroxyl groups excluding tert-OH is 1. The van der Waals surface area contributed by atoms with Crippen molar-refractivity contribution in [1.29, 1.82) is 0 Å². The molecule has 2 atom stereocenters. The van der Waals surface area contributed by atoms with E-state index in [-0.39, 0.29) is 36.3 Å². The molecule has 9 heteroatoms. The number of amides is 2. The second-order valence-corrected chi connectivity index (χ2v) is 9.55. The minimum atomic E-state index is -1.09. The van der Waals surface area contributed by atoms with E-state index in [9.17, 15) is 23.5 Å². The van der Waals surface area contributed by atoms with Crippen molar-refractivity contribution >= 4 is 11.8 Å². The Labute approximate surface area is 233 Å². The highest BCUT2D eigenvalue weighted by molar-refractivity contribution is 5.99. The highest BCUT2D eigenvalue weighted by atomic mass is 19.1. The average molecular weight is 552 g/mol. The minimum absolute atomic E-state index is 0.0247. The van der Waals surface area contributed by atoms with Gasteiger partial charge in [-0.1, -0.05) is 37.3 Å². The molecule has 4 N–H and O–H groups in total. The van der Waals surface area contributed by atoms with Crippen LogP contribution in [-0.4, -0.2) is 42.2 Å². The molecule has 0 radical (unpaired) electrons. The fourth-order valence-electron chi connectivity index (χ4n) is 4.25. The second kappa shape index (κ2) is 15.0. The molecule has 0 saturated heterocycles. The van der Waals surface area contributed by atoms with E-state index in [1.165, 1.54) is 17.7 Å². The summed E-state index contributed by atoms with van der Waals surface area (Å²) in [5.74, 6) is -2.60. The molecule has 0 aliphatic carbocycles. The molecule has 0 aliphatic rings. The van der Waals surface area contributed by atoms with Crippen LogP contribution in [0.2, 0.25) is 0 Å². The summed E-state index contributed by atoms with van der Waals surface area (Å²) in [6.45, 7) is 8.03. The van der Waals surface area contributed by atoms with Gasteiger partial charge in [0.05, 0.1) is 18.8 Å². The normalized spacial score (nSPS) is 12.4. The lowest BCUT2D eigenvalue weighted by Gasteiger charge is -2.25. The van der Waals surface area contributed by atoms with E-state index >= 15 is 0 Å². The molecule has 3 aromatic rings. The maximum atomic E-state index is 13.9. The SMILES string of the molecule is C=CCONC(=O)c1cc(C)cc(C(=O)N[C@@H](Cc2cc(F)cc(F)c2)[C@H](O)CNCc2cccc(CC)c2)c1. The number of carbonyl (C=O) groups excluding carboxylic acids is 2. The monoisotopic (exact) mass is 551 g/mol. The van der Waals surface area contributed by atoms with Gasteiger partial charge in [-0.05, 0) is 72.4 Å². The second-order valence-electron chi connectivity index (χ2n) is 9.55. The van der Waals surface area contributed by atoms with Crippen molar-refractivity contribution in [2.24, 2.45) is 0 Å². The third kappa shape index (κ3) is 9.37. The van der Waals surface area contributed by atoms with Crippen LogP contribution in [0, 0.1) is 18.6 Å². The van der Waals surface area contributed by atoms with Crippen LogP contribution in [0.3, 0.4) is 0 Å². The van der Waals surface area contributed by atoms with Gasteiger partial charge in [0.15, 0.2) is 0 Å². The highest BCUT2D eigenvalue weighted by Gasteiger charge is 2.24. The number of hydrogen-bond donors (Lipinski definition) is 4. The predicted molar refractivity (Wildman–Crippen MR) is 150 cm³/mol. The number of aliphatic hydroxyl groups is 1. The fraction of sp³-hybridized carbons (Fsp3) is 0.290. The third-order valence-corrected chi connectivity index (χ3v) is 6.21. The molecule has 212 valence electrons. The Morgan fingerprint density at radius 1 is 0.975 bits per heavy atom. The lowest BCUT2D eigenvalue weighted by molar-refractivity contribution is 0.0421. The Bertz CT molecular complexity index is 1310. The van der Waals surface area contributed by atoms with Crippen LogP contribution in [0.5, 0.6) is 0 Å². The zero-order valence-electron chi connectivity index (χ0n) is 22.7. The lowest BCUT2D eigenvalue weighted by Crippen LogP contribution is -2.48. The molecule has 3 aromatic carbocycles. The van der Waals surface area contributed by atoms with Crippen LogP contribution < -0.4 is 16.1 Å². The molecule has 0 bridgehead atoms. The number of carbonyl (C=O) groups is 2. The molecular weight excluding hydrogens is 516 g/mol. The van der Waals surface area contributed by atoms with Gasteiger partial charge in [-0.3, -0.25) is 14.4 Å². The summed E-state index contributed by atoms with van der Waals surface area (Å²) in [6.07, 6.45) is 1.26. The smallest absolute Gasteiger partial charge is 0.274 e. The number of hydroxylamine groups is 1. The minimum Gasteiger partial charge on any atom is -0.390 e. The van der Waals surface area contributed by atoms with Crippen LogP contribution in [-0.2, 0) is 24.2 Å². The number of halogens is 2. The van der Waals surface area contributed by atoms with Crippen LogP contribution in [0.25, 0.3) is 0 Å². The first-order valence-corrected chi connectivity index (χ1v) is 13.1. The Hall–Kier alpha value is -3.92. The van der Waals surface area contributed by atoms with E-state index in [4.69, 9.17) is 4.84 Å². The van der Waals surface area contributed by atoms with Gasteiger partial charge in [-0.15, -0.1) is 6.58 Å². The van der Waals surface area contributed by atoms with E-state index in [1.807, 2.05) is 18.2 Å². The van der Waals surface area contributed by atoms with E-state index in [1.54, 1.807) is 19.1 Å². The van der Waals surface area contributed by atoms with E-state index in [0.29, 0.717) is 12.1 Å². The molecule has 0 spiro atoms. The number of hydrogen-bond acceptors (Lipinski definition) is 5. The van der Waals surface area contributed by atoms with Gasteiger partial charge >= 0.3 is 0 Å². The van der Waals surface area contributed by atoms with Gasteiger partial charge in [0.1, 0.15) is 11.6 Å². The molecule has 7 nitrogen and oxygen atoms in total. The van der Waals surface area contributed by atoms with Crippen molar-refractivity contribution in [3.8, 4) is 0 Å². The summed E-state index contributed by atoms with van der Waals surface area (Å²) >= 11 is 0. The van der Waals surface area contributed by atoms with Gasteiger partial charge < -0.3 is 15.7 Å². The molecule has 0 heterocycles. The fourth-order valence-corrected chi connectivity index (χ4v) is 4.25. The standard InChI is InChI=1S/C31H35F2N3O4/c1-4-9-40-36-31(39)25-11-20(3)10-24(16-25)30(38)35-28(15-23-13-26(32)17-27(33)14-23)29(37)19-34-18-22-8-6-7-21(5-2)12-22/h4,6-8,10-14,16-17,28-29,34,37H,1,5,9,15,18-19H2,2-3H3,(H,35,38)(H,36,39)/t28-,29+/m0/s1. The van der Waals surface area contributed by atoms with E-state index in [2.05, 4.69) is 35.7 Å². The van der Waals surface area contributed by atoms with Crippen LogP contribution >= 0.6 is 0 Å². The zero-order chi connectivity index (χ0) is 29.1. The Balaban J connectivity index is 1.76. The quantitative estimate of drug-likeness (QED) is 0.137. The third-order valence-electron chi connectivity index (χ3n) is 6.21. The first kappa shape index (κ1) is 30.6. The van der Waals surface area contributed by atoms with E-state index in [0.717, 1.165) is 30.2 Å². The topological polar surface area (TPSA) is 99.7 Å². The largest absolute Gasteiger partial charge is 0.390 e. The van der Waals surface area contributed by atoms with Gasteiger partial charge in [0, 0.05) is 30.3 Å². The molecular formula is C31H35F2N3O4. The molecule has 0 unspecified atom stereocenters. The number of nitrogens with one attached hydrogen (secondary N) is 3. The summed E-state index contributed by atoms with van der Waals surface area (Å²) in [4.78, 5) is 30.7. The molecule has 0 saturated carbocycles. The maximum absolute atomic E-state index is 13.9. The van der Waals surface area contributed by atoms with Crippen molar-refractivity contribution < 1.29 is 28.3 Å². The van der Waals surface area contributed by atoms with Crippen molar-refractivity contribution in [1.82, 2.24) is 16.1 Å². The van der Waals surface area contributed by atoms with Crippen LogP contribution in [0.1, 0.15) is 49.9 Å². The highest BCUT2D eigenvalue weighted by Crippen LogP contribution is 2.15. The summed E-state index contributed by atoms with van der Waals surface area (Å²) < 4.78 is 27.8. The summed E-state index contributed by atoms with van der Waals surface area (Å²) in [6, 6.07) is 14.8. The van der Waals surface area contributed by atoms with Crippen LogP contribution in [0.15, 0.2) is 73.3 Å². The van der Waals surface area contributed by atoms with Crippen LogP contribution in [0.4, 0.5) is 8.78 Å². The number of benzene rings is 3. The number of rotatable bonds is 14. The van der Waals surface area contributed by atoms with Gasteiger partial charge in [0.25, 0.3) is 11.8 Å². The molecule has 40 heavy (non-hydrogen) atoms. The van der Waals surface area contributed by atoms with Crippen molar-refractivity contribution in [2.75, 3.05) is 13.2 Å². The van der Waals surface area contributed by atoms with Crippen molar-refractivity contribution in [2.45, 2.75) is 45.4 Å². The first-order chi connectivity index (χ1) is 19.2. The average Bonchev–Trinajstić information content (AvgIpc) is 2.92. The van der Waals surface area contributed by atoms with Crippen molar-refractivity contribution in [3.63, 3.8) is 0 Å². The zero-order valence-corrected chi connectivity index (χ0v) is 22.7. The Morgan fingerprint density at radius 3 is 2.33 bits per heavy atom. The van der Waals surface area contributed by atoms with E-state index < -0.39 is 35.6 Å². The number of aryl methyl sites for hydroxylation is 2. The predicted octanol–water partition coefficient (Wildman–Crippen LogP) is 4.17. The molecule has 3 rings (SSSR count).